The number of aryl methyl sites for hydroxylation is 1. The Hall–Kier alpha value is -3.26. The molecule has 0 saturated carbocycles. The molecule has 2 aromatic rings. The molecule has 3 atom stereocenters. The topological polar surface area (TPSA) is 112 Å². The summed E-state index contributed by atoms with van der Waals surface area (Å²) in [5.41, 5.74) is 2.42. The number of hydrogen-bond donors (Lipinski definition) is 3. The number of hydrogen-bond acceptors (Lipinski definition) is 5. The van der Waals surface area contributed by atoms with Crippen molar-refractivity contribution in [3.8, 4) is 0 Å². The minimum absolute atomic E-state index is 0.0729. The molecule has 1 aromatic heterocycles. The van der Waals surface area contributed by atoms with Crippen molar-refractivity contribution in [3.63, 3.8) is 0 Å². The first-order valence-electron chi connectivity index (χ1n) is 12.8. The first kappa shape index (κ1) is 30.0. The number of rotatable bonds is 11. The molecule has 8 nitrogen and oxygen atoms in total. The molecule has 2 rings (SSSR count). The zero-order chi connectivity index (χ0) is 27.8. The lowest BCUT2D eigenvalue weighted by Crippen LogP contribution is -2.55. The lowest BCUT2D eigenvalue weighted by Gasteiger charge is -2.33. The van der Waals surface area contributed by atoms with E-state index in [2.05, 4.69) is 60.7 Å². The number of aromatic nitrogens is 1. The molecule has 0 fully saturated rings. The maximum atomic E-state index is 13.5. The van der Waals surface area contributed by atoms with Crippen LogP contribution in [0.4, 0.5) is 5.69 Å². The zero-order valence-electron chi connectivity index (χ0n) is 23.1. The van der Waals surface area contributed by atoms with Gasteiger partial charge in [0.25, 0.3) is 0 Å². The summed E-state index contributed by atoms with van der Waals surface area (Å²) in [6, 6.07) is 10.3. The molecule has 0 saturated heterocycles. The second-order valence-corrected chi connectivity index (χ2v) is 11.7. The summed E-state index contributed by atoms with van der Waals surface area (Å²) in [6.07, 6.45) is 5.29. The van der Waals surface area contributed by atoms with Crippen LogP contribution in [0.2, 0.25) is 0 Å². The molecule has 37 heavy (non-hydrogen) atoms. The van der Waals surface area contributed by atoms with Crippen molar-refractivity contribution in [3.05, 3.63) is 59.9 Å². The Kier molecular flexibility index (Phi) is 10.4. The third-order valence-electron chi connectivity index (χ3n) is 6.59. The molecule has 0 spiro atoms. The number of carbonyl (C=O) groups is 3. The summed E-state index contributed by atoms with van der Waals surface area (Å²) in [5, 5.41) is 16.3. The van der Waals surface area contributed by atoms with E-state index in [9.17, 15) is 19.6 Å². The summed E-state index contributed by atoms with van der Waals surface area (Å²) in [5.74, 6) is -1.46. The second kappa shape index (κ2) is 12.8. The number of amides is 3. The van der Waals surface area contributed by atoms with Gasteiger partial charge in [0, 0.05) is 6.20 Å². The third-order valence-corrected chi connectivity index (χ3v) is 6.59. The fourth-order valence-corrected chi connectivity index (χ4v) is 4.15. The molecule has 202 valence electrons. The quantitative estimate of drug-likeness (QED) is 0.230. The number of benzene rings is 1. The highest BCUT2D eigenvalue weighted by molar-refractivity contribution is 5.98. The van der Waals surface area contributed by atoms with E-state index in [-0.39, 0.29) is 11.3 Å². The van der Waals surface area contributed by atoms with Gasteiger partial charge in [-0.05, 0) is 60.3 Å². The molecule has 0 aliphatic heterocycles. The molecule has 0 aliphatic rings. The summed E-state index contributed by atoms with van der Waals surface area (Å²) in [6.45, 7) is 13.7. The SMILES string of the molecule is C[C@@H]([C@@H](CCCc1ccc(C(C)(C)C)cc1)C(=O)N[C@H](C(=O)Nc1cccnc1)C(C)(C)C)N(O)C=O. The molecule has 3 amide bonds. The smallest absolute Gasteiger partial charge is 0.247 e. The highest BCUT2D eigenvalue weighted by Gasteiger charge is 2.36. The van der Waals surface area contributed by atoms with Gasteiger partial charge in [-0.2, -0.15) is 0 Å². The van der Waals surface area contributed by atoms with E-state index in [1.807, 2.05) is 20.8 Å². The van der Waals surface area contributed by atoms with E-state index in [0.29, 0.717) is 30.0 Å². The maximum absolute atomic E-state index is 13.5. The van der Waals surface area contributed by atoms with Gasteiger partial charge in [0.2, 0.25) is 18.2 Å². The van der Waals surface area contributed by atoms with Crippen molar-refractivity contribution in [2.24, 2.45) is 11.3 Å². The number of pyridine rings is 1. The molecular weight excluding hydrogens is 468 g/mol. The van der Waals surface area contributed by atoms with E-state index >= 15 is 0 Å². The Morgan fingerprint density at radius 3 is 2.22 bits per heavy atom. The lowest BCUT2D eigenvalue weighted by atomic mass is 9.84. The van der Waals surface area contributed by atoms with Gasteiger partial charge in [-0.15, -0.1) is 0 Å². The largest absolute Gasteiger partial charge is 0.343 e. The third kappa shape index (κ3) is 8.97. The van der Waals surface area contributed by atoms with Crippen molar-refractivity contribution < 1.29 is 19.6 Å². The number of anilines is 1. The Morgan fingerprint density at radius 2 is 1.70 bits per heavy atom. The van der Waals surface area contributed by atoms with Gasteiger partial charge in [0.05, 0.1) is 23.8 Å². The van der Waals surface area contributed by atoms with Gasteiger partial charge in [-0.1, -0.05) is 65.8 Å². The second-order valence-electron chi connectivity index (χ2n) is 11.7. The van der Waals surface area contributed by atoms with Gasteiger partial charge in [0.1, 0.15) is 6.04 Å². The van der Waals surface area contributed by atoms with Crippen molar-refractivity contribution in [2.45, 2.75) is 85.2 Å². The first-order valence-corrected chi connectivity index (χ1v) is 12.8. The highest BCUT2D eigenvalue weighted by Crippen LogP contribution is 2.25. The Labute approximate surface area is 220 Å². The molecule has 1 heterocycles. The Bertz CT molecular complexity index is 1030. The van der Waals surface area contributed by atoms with Crippen molar-refractivity contribution in [2.75, 3.05) is 5.32 Å². The van der Waals surface area contributed by atoms with Gasteiger partial charge < -0.3 is 10.6 Å². The molecule has 0 unspecified atom stereocenters. The zero-order valence-corrected chi connectivity index (χ0v) is 23.1. The number of hydroxylamine groups is 2. The summed E-state index contributed by atoms with van der Waals surface area (Å²) in [4.78, 5) is 41.8. The Balaban J connectivity index is 2.14. The molecule has 0 aliphatic carbocycles. The number of carbonyl (C=O) groups excluding carboxylic acids is 3. The van der Waals surface area contributed by atoms with Crippen molar-refractivity contribution >= 4 is 23.9 Å². The maximum Gasteiger partial charge on any atom is 0.247 e. The number of nitrogens with zero attached hydrogens (tertiary/aromatic N) is 2. The lowest BCUT2D eigenvalue weighted by molar-refractivity contribution is -0.166. The van der Waals surface area contributed by atoms with Crippen LogP contribution in [0.25, 0.3) is 0 Å². The summed E-state index contributed by atoms with van der Waals surface area (Å²) in [7, 11) is 0. The van der Waals surface area contributed by atoms with Crippen LogP contribution < -0.4 is 10.6 Å². The van der Waals surface area contributed by atoms with E-state index in [1.165, 1.54) is 11.8 Å². The van der Waals surface area contributed by atoms with Crippen LogP contribution in [0.5, 0.6) is 0 Å². The van der Waals surface area contributed by atoms with Gasteiger partial charge in [-0.3, -0.25) is 24.6 Å². The monoisotopic (exact) mass is 510 g/mol. The predicted octanol–water partition coefficient (Wildman–Crippen LogP) is 4.72. The molecular formula is C29H42N4O4. The van der Waals surface area contributed by atoms with Gasteiger partial charge in [0.15, 0.2) is 0 Å². The fourth-order valence-electron chi connectivity index (χ4n) is 4.15. The predicted molar refractivity (Wildman–Crippen MR) is 145 cm³/mol. The van der Waals surface area contributed by atoms with Crippen LogP contribution in [0, 0.1) is 11.3 Å². The molecule has 8 heteroatoms. The van der Waals surface area contributed by atoms with Crippen LogP contribution in [0.3, 0.4) is 0 Å². The number of nitrogens with one attached hydrogen (secondary N) is 2. The molecule has 0 radical (unpaired) electrons. The van der Waals surface area contributed by atoms with Crippen LogP contribution in [0.15, 0.2) is 48.8 Å². The van der Waals surface area contributed by atoms with Crippen LogP contribution in [-0.4, -0.2) is 45.6 Å². The average Bonchev–Trinajstić information content (AvgIpc) is 2.83. The first-order chi connectivity index (χ1) is 17.2. The summed E-state index contributed by atoms with van der Waals surface area (Å²) < 4.78 is 0. The Morgan fingerprint density at radius 1 is 1.05 bits per heavy atom. The minimum Gasteiger partial charge on any atom is -0.343 e. The minimum atomic E-state index is -0.844. The van der Waals surface area contributed by atoms with Crippen LogP contribution >= 0.6 is 0 Å². The molecule has 0 bridgehead atoms. The standard InChI is InChI=1S/C29H42N4O4/c1-20(33(37)19-34)24(12-8-10-21-13-15-22(16-14-21)28(2,3)4)26(35)32-25(29(5,6)7)27(36)31-23-11-9-17-30-18-23/h9,11,13-20,24-25,37H,8,10,12H2,1-7H3,(H,31,36)(H,32,35)/t20-,24+,25+/m0/s1. The normalized spacial score (nSPS) is 14.3. The van der Waals surface area contributed by atoms with Crippen molar-refractivity contribution in [1.29, 1.82) is 0 Å². The molecule has 3 N–H and O–H groups in total. The van der Waals surface area contributed by atoms with Crippen LogP contribution in [0.1, 0.15) is 72.4 Å². The summed E-state index contributed by atoms with van der Waals surface area (Å²) >= 11 is 0. The van der Waals surface area contributed by atoms with E-state index in [4.69, 9.17) is 0 Å². The van der Waals surface area contributed by atoms with E-state index in [1.54, 1.807) is 25.3 Å². The van der Waals surface area contributed by atoms with Gasteiger partial charge in [-0.25, -0.2) is 5.06 Å². The van der Waals surface area contributed by atoms with E-state index in [0.717, 1.165) is 12.0 Å². The highest BCUT2D eigenvalue weighted by atomic mass is 16.5. The van der Waals surface area contributed by atoms with Gasteiger partial charge >= 0.3 is 0 Å². The molecule has 1 aromatic carbocycles. The van der Waals surface area contributed by atoms with Crippen LogP contribution in [-0.2, 0) is 26.2 Å². The van der Waals surface area contributed by atoms with E-state index < -0.39 is 29.3 Å². The fraction of sp³-hybridized carbons (Fsp3) is 0.517. The van der Waals surface area contributed by atoms with Crippen molar-refractivity contribution in [1.82, 2.24) is 15.4 Å². The average molecular weight is 511 g/mol.